The van der Waals surface area contributed by atoms with Gasteiger partial charge in [-0.25, -0.2) is 4.79 Å². The van der Waals surface area contributed by atoms with E-state index in [-0.39, 0.29) is 22.8 Å². The number of carbonyl (C=O) groups excluding carboxylic acids is 2. The van der Waals surface area contributed by atoms with Gasteiger partial charge in [0.1, 0.15) is 0 Å². The van der Waals surface area contributed by atoms with Gasteiger partial charge in [-0.1, -0.05) is 23.5 Å². The van der Waals surface area contributed by atoms with Crippen molar-refractivity contribution in [1.82, 2.24) is 0 Å². The van der Waals surface area contributed by atoms with Crippen LogP contribution in [0.5, 0.6) is 0 Å². The number of thiazole rings is 1. The summed E-state index contributed by atoms with van der Waals surface area (Å²) in [4.78, 5) is 23.4. The number of carbonyl (C=O) groups is 2. The Kier molecular flexibility index (Phi) is 6.04. The highest BCUT2D eigenvalue weighted by molar-refractivity contribution is 7.07. The number of hydrogen-bond acceptors (Lipinski definition) is 4. The number of ether oxygens (including phenoxy) is 1. The van der Waals surface area contributed by atoms with E-state index in [4.69, 9.17) is 0 Å². The first-order valence-corrected chi connectivity index (χ1v) is 6.70. The van der Waals surface area contributed by atoms with E-state index in [9.17, 15) is 9.59 Å². The molecule has 0 spiro atoms. The van der Waals surface area contributed by atoms with Crippen molar-refractivity contribution in [2.24, 2.45) is 0 Å². The number of aryl methyl sites for hydroxylation is 1. The maximum Gasteiger partial charge on any atom is 0.337 e. The van der Waals surface area contributed by atoms with Gasteiger partial charge in [0.25, 0.3) is 0 Å². The molecule has 0 fully saturated rings. The van der Waals surface area contributed by atoms with Gasteiger partial charge in [0.2, 0.25) is 17.8 Å². The molecular formula is C14H14BrNO3S. The van der Waals surface area contributed by atoms with Crippen molar-refractivity contribution in [3.05, 3.63) is 52.0 Å². The third kappa shape index (κ3) is 3.74. The van der Waals surface area contributed by atoms with E-state index in [0.717, 1.165) is 5.69 Å². The molecule has 0 aliphatic rings. The van der Waals surface area contributed by atoms with Gasteiger partial charge < -0.3 is 21.7 Å². The molecule has 20 heavy (non-hydrogen) atoms. The number of rotatable bonds is 4. The summed E-state index contributed by atoms with van der Waals surface area (Å²) in [6, 6.07) is 6.50. The van der Waals surface area contributed by atoms with Crippen LogP contribution in [0, 0.1) is 6.92 Å². The van der Waals surface area contributed by atoms with Gasteiger partial charge in [-0.2, -0.15) is 4.57 Å². The van der Waals surface area contributed by atoms with Crippen LogP contribution in [0.25, 0.3) is 0 Å². The number of esters is 1. The number of benzene rings is 1. The Morgan fingerprint density at radius 2 is 1.80 bits per heavy atom. The molecule has 0 N–H and O–H groups in total. The fourth-order valence-corrected chi connectivity index (χ4v) is 2.45. The molecule has 1 aromatic carbocycles. The highest BCUT2D eigenvalue weighted by Gasteiger charge is 2.15. The highest BCUT2D eigenvalue weighted by atomic mass is 79.9. The predicted octanol–water partition coefficient (Wildman–Crippen LogP) is -0.982. The first-order chi connectivity index (χ1) is 9.11. The molecule has 1 aromatic heterocycles. The van der Waals surface area contributed by atoms with E-state index < -0.39 is 5.97 Å². The molecule has 0 saturated carbocycles. The summed E-state index contributed by atoms with van der Waals surface area (Å²) in [5.41, 5.74) is 4.00. The Bertz CT molecular complexity index is 607. The zero-order valence-corrected chi connectivity index (χ0v) is 13.5. The van der Waals surface area contributed by atoms with Gasteiger partial charge in [-0.3, -0.25) is 4.79 Å². The Labute approximate surface area is 131 Å². The molecule has 2 rings (SSSR count). The molecule has 0 saturated heterocycles. The topological polar surface area (TPSA) is 47.3 Å². The van der Waals surface area contributed by atoms with E-state index in [1.54, 1.807) is 35.6 Å². The minimum Gasteiger partial charge on any atom is -1.00 e. The summed E-state index contributed by atoms with van der Waals surface area (Å²) in [7, 11) is 1.33. The van der Waals surface area contributed by atoms with Crippen LogP contribution >= 0.6 is 11.3 Å². The lowest BCUT2D eigenvalue weighted by Crippen LogP contribution is -3.00. The Morgan fingerprint density at radius 3 is 2.30 bits per heavy atom. The molecule has 0 unspecified atom stereocenters. The largest absolute Gasteiger partial charge is 1.00 e. The third-order valence-corrected chi connectivity index (χ3v) is 3.68. The van der Waals surface area contributed by atoms with Gasteiger partial charge in [0, 0.05) is 12.5 Å². The summed E-state index contributed by atoms with van der Waals surface area (Å²) in [5.74, 6) is -0.384. The molecule has 0 atom stereocenters. The predicted molar refractivity (Wildman–Crippen MR) is 71.4 cm³/mol. The second-order valence-corrected chi connectivity index (χ2v) is 4.84. The van der Waals surface area contributed by atoms with Crippen molar-refractivity contribution in [3.8, 4) is 0 Å². The van der Waals surface area contributed by atoms with Crippen molar-refractivity contribution < 1.29 is 35.9 Å². The minimum absolute atomic E-state index is 0. The monoisotopic (exact) mass is 355 g/mol. The number of Topliss-reactive ketones (excluding diaryl/α,β-unsaturated/α-hetero) is 1. The molecule has 0 bridgehead atoms. The molecule has 106 valence electrons. The lowest BCUT2D eigenvalue weighted by Gasteiger charge is -2.01. The minimum atomic E-state index is -0.401. The summed E-state index contributed by atoms with van der Waals surface area (Å²) in [6.07, 6.45) is 0. The molecule has 0 radical (unpaired) electrons. The number of nitrogens with zero attached hydrogens (tertiary/aromatic N) is 1. The average Bonchev–Trinajstić information content (AvgIpc) is 2.83. The van der Waals surface area contributed by atoms with Crippen LogP contribution in [-0.2, 0) is 11.3 Å². The van der Waals surface area contributed by atoms with Crippen LogP contribution in [0.3, 0.4) is 0 Å². The lowest BCUT2D eigenvalue weighted by atomic mass is 10.1. The van der Waals surface area contributed by atoms with Gasteiger partial charge in [0.15, 0.2) is 5.69 Å². The van der Waals surface area contributed by atoms with Gasteiger partial charge in [0.05, 0.1) is 18.1 Å². The number of methoxy groups -OCH3 is 1. The quantitative estimate of drug-likeness (QED) is 0.402. The summed E-state index contributed by atoms with van der Waals surface area (Å²) < 4.78 is 6.51. The van der Waals surface area contributed by atoms with E-state index >= 15 is 0 Å². The smallest absolute Gasteiger partial charge is 0.337 e. The Morgan fingerprint density at radius 1 is 1.20 bits per heavy atom. The normalized spacial score (nSPS) is 9.70. The zero-order chi connectivity index (χ0) is 13.8. The Balaban J connectivity index is 0.00000200. The van der Waals surface area contributed by atoms with Crippen molar-refractivity contribution in [2.45, 2.75) is 13.5 Å². The van der Waals surface area contributed by atoms with E-state index in [2.05, 4.69) is 4.74 Å². The second-order valence-electron chi connectivity index (χ2n) is 4.12. The van der Waals surface area contributed by atoms with Crippen molar-refractivity contribution >= 4 is 23.1 Å². The van der Waals surface area contributed by atoms with Crippen LogP contribution in [0.4, 0.5) is 0 Å². The fourth-order valence-electron chi connectivity index (χ4n) is 1.67. The fraction of sp³-hybridized carbons (Fsp3) is 0.214. The van der Waals surface area contributed by atoms with Gasteiger partial charge >= 0.3 is 5.97 Å². The van der Waals surface area contributed by atoms with Crippen LogP contribution in [0.1, 0.15) is 26.4 Å². The molecule has 0 aliphatic carbocycles. The summed E-state index contributed by atoms with van der Waals surface area (Å²) >= 11 is 1.56. The number of hydrogen-bond donors (Lipinski definition) is 0. The SMILES string of the molecule is COC(=O)c1ccc(C(=O)C[n+]2cscc2C)cc1.[Br-]. The van der Waals surface area contributed by atoms with Crippen LogP contribution in [-0.4, -0.2) is 18.9 Å². The van der Waals surface area contributed by atoms with Crippen molar-refractivity contribution in [1.29, 1.82) is 0 Å². The highest BCUT2D eigenvalue weighted by Crippen LogP contribution is 2.07. The second kappa shape index (κ2) is 7.31. The molecule has 1 heterocycles. The van der Waals surface area contributed by atoms with Crippen LogP contribution < -0.4 is 21.5 Å². The molecule has 0 aliphatic heterocycles. The van der Waals surface area contributed by atoms with Crippen LogP contribution in [0.15, 0.2) is 35.2 Å². The molecule has 0 amide bonds. The third-order valence-electron chi connectivity index (χ3n) is 2.82. The molecular weight excluding hydrogens is 342 g/mol. The maximum atomic E-state index is 12.1. The van der Waals surface area contributed by atoms with Crippen LogP contribution in [0.2, 0.25) is 0 Å². The van der Waals surface area contributed by atoms with Gasteiger partial charge in [-0.15, -0.1) is 0 Å². The summed E-state index contributed by atoms with van der Waals surface area (Å²) in [6.45, 7) is 2.27. The van der Waals surface area contributed by atoms with Crippen molar-refractivity contribution in [3.63, 3.8) is 0 Å². The van der Waals surface area contributed by atoms with Gasteiger partial charge in [-0.05, 0) is 12.1 Å². The average molecular weight is 356 g/mol. The Hall–Kier alpha value is -1.53. The maximum absolute atomic E-state index is 12.1. The molecule has 4 nitrogen and oxygen atoms in total. The number of aromatic nitrogens is 1. The first-order valence-electron chi connectivity index (χ1n) is 5.75. The first kappa shape index (κ1) is 16.5. The summed E-state index contributed by atoms with van der Waals surface area (Å²) in [5, 5.41) is 1.99. The number of ketones is 1. The number of halogens is 1. The zero-order valence-electron chi connectivity index (χ0n) is 11.1. The molecule has 2 aromatic rings. The van der Waals surface area contributed by atoms with E-state index in [1.165, 1.54) is 7.11 Å². The van der Waals surface area contributed by atoms with E-state index in [1.807, 2.05) is 22.4 Å². The molecule has 6 heteroatoms. The van der Waals surface area contributed by atoms with E-state index in [0.29, 0.717) is 17.7 Å². The van der Waals surface area contributed by atoms with Crippen molar-refractivity contribution in [2.75, 3.05) is 7.11 Å². The lowest BCUT2D eigenvalue weighted by molar-refractivity contribution is -0.684. The standard InChI is InChI=1S/C14H14NO3S.BrH/c1-10-8-19-9-15(10)7-13(16)11-3-5-12(6-4-11)14(17)18-2;/h3-6,8-9H,7H2,1-2H3;1H/q+1;/p-1.